The Kier molecular flexibility index (Phi) is 8.16. The first-order chi connectivity index (χ1) is 22.6. The zero-order valence-corrected chi connectivity index (χ0v) is 26.7. The van der Waals surface area contributed by atoms with Gasteiger partial charge in [0, 0.05) is 61.5 Å². The van der Waals surface area contributed by atoms with E-state index in [-0.39, 0.29) is 0 Å². The van der Waals surface area contributed by atoms with Gasteiger partial charge in [-0.3, -0.25) is 9.97 Å². The smallest absolute Gasteiger partial charge is 0.171 e. The van der Waals surface area contributed by atoms with Crippen molar-refractivity contribution in [3.05, 3.63) is 182 Å². The second-order valence-corrected chi connectivity index (χ2v) is 16.4. The lowest BCUT2D eigenvalue weighted by Gasteiger charge is -2.28. The standard InChI is InChI=1S/C40H30N2O2P2/c43-45(32-17-5-1-6-18-32,33-19-7-2-8-20-33)39-29-37(38-25-13-14-27-42-38)40(28-36(39)31-16-15-26-41-30-31)46(44,34-21-9-3-10-22-34)35-23-11-4-12-24-35/h1-30H. The van der Waals surface area contributed by atoms with E-state index in [0.29, 0.717) is 48.6 Å². The molecule has 0 aliphatic carbocycles. The zero-order valence-electron chi connectivity index (χ0n) is 24.9. The van der Waals surface area contributed by atoms with E-state index in [2.05, 4.69) is 4.98 Å². The summed E-state index contributed by atoms with van der Waals surface area (Å²) < 4.78 is 32.0. The minimum Gasteiger partial charge on any atom is -0.309 e. The van der Waals surface area contributed by atoms with Crippen molar-refractivity contribution in [3.63, 3.8) is 0 Å². The molecular formula is C40H30N2O2P2. The van der Waals surface area contributed by atoms with Gasteiger partial charge in [0.15, 0.2) is 14.3 Å². The van der Waals surface area contributed by atoms with Crippen LogP contribution in [0.25, 0.3) is 22.4 Å². The summed E-state index contributed by atoms with van der Waals surface area (Å²) in [5.74, 6) is 0. The lowest BCUT2D eigenvalue weighted by atomic mass is 10.0. The van der Waals surface area contributed by atoms with Crippen molar-refractivity contribution >= 4 is 46.1 Å². The molecule has 0 fully saturated rings. The molecule has 0 spiro atoms. The summed E-state index contributed by atoms with van der Waals surface area (Å²) in [5, 5.41) is 4.09. The molecule has 0 N–H and O–H groups in total. The number of nitrogens with zero attached hydrogens (tertiary/aromatic N) is 2. The van der Waals surface area contributed by atoms with Crippen molar-refractivity contribution in [1.82, 2.24) is 9.97 Å². The maximum Gasteiger partial charge on any atom is 0.171 e. The third-order valence-corrected chi connectivity index (χ3v) is 14.4. The highest BCUT2D eigenvalue weighted by atomic mass is 31.2. The topological polar surface area (TPSA) is 59.9 Å². The Morgan fingerprint density at radius 3 is 1.26 bits per heavy atom. The van der Waals surface area contributed by atoms with Crippen LogP contribution in [0.3, 0.4) is 0 Å². The van der Waals surface area contributed by atoms with Gasteiger partial charge in [0.05, 0.1) is 5.69 Å². The molecule has 0 unspecified atom stereocenters. The Morgan fingerprint density at radius 1 is 0.413 bits per heavy atom. The number of benzene rings is 5. The molecule has 7 aromatic rings. The van der Waals surface area contributed by atoms with Gasteiger partial charge in [-0.25, -0.2) is 0 Å². The van der Waals surface area contributed by atoms with E-state index < -0.39 is 14.3 Å². The SMILES string of the molecule is O=P(c1ccccc1)(c1ccccc1)c1cc(-c2ccccn2)c(P(=O)(c2ccccc2)c2ccccc2)cc1-c1cccnc1. The van der Waals surface area contributed by atoms with Crippen LogP contribution >= 0.6 is 14.3 Å². The van der Waals surface area contributed by atoms with Gasteiger partial charge in [-0.2, -0.15) is 0 Å². The Bertz CT molecular complexity index is 1930. The molecule has 4 nitrogen and oxygen atoms in total. The molecule has 0 atom stereocenters. The number of aromatic nitrogens is 2. The van der Waals surface area contributed by atoms with E-state index >= 15 is 9.13 Å². The molecule has 0 aliphatic rings. The molecule has 6 heteroatoms. The van der Waals surface area contributed by atoms with Crippen molar-refractivity contribution < 1.29 is 9.13 Å². The van der Waals surface area contributed by atoms with E-state index in [4.69, 9.17) is 4.98 Å². The van der Waals surface area contributed by atoms with Gasteiger partial charge in [-0.1, -0.05) is 133 Å². The Labute approximate surface area is 269 Å². The molecule has 0 saturated carbocycles. The lowest BCUT2D eigenvalue weighted by Crippen LogP contribution is -2.31. The van der Waals surface area contributed by atoms with Crippen molar-refractivity contribution in [2.75, 3.05) is 0 Å². The fourth-order valence-corrected chi connectivity index (χ4v) is 11.7. The van der Waals surface area contributed by atoms with Crippen LogP contribution in [0.2, 0.25) is 0 Å². The minimum absolute atomic E-state index is 0.624. The van der Waals surface area contributed by atoms with E-state index in [1.54, 1.807) is 18.6 Å². The van der Waals surface area contributed by atoms with Crippen molar-refractivity contribution in [3.8, 4) is 22.4 Å². The molecule has 0 saturated heterocycles. The van der Waals surface area contributed by atoms with Crippen LogP contribution in [0.15, 0.2) is 182 Å². The molecule has 2 heterocycles. The van der Waals surface area contributed by atoms with E-state index in [0.717, 1.165) is 5.56 Å². The van der Waals surface area contributed by atoms with Crippen LogP contribution in [-0.4, -0.2) is 9.97 Å². The van der Waals surface area contributed by atoms with Crippen LogP contribution in [0.4, 0.5) is 0 Å². The Morgan fingerprint density at radius 2 is 0.848 bits per heavy atom. The maximum atomic E-state index is 16.0. The van der Waals surface area contributed by atoms with Gasteiger partial charge >= 0.3 is 0 Å². The predicted molar refractivity (Wildman–Crippen MR) is 192 cm³/mol. The second kappa shape index (κ2) is 12.7. The second-order valence-electron chi connectivity index (χ2n) is 10.9. The number of hydrogen-bond donors (Lipinski definition) is 0. The van der Waals surface area contributed by atoms with E-state index in [1.165, 1.54) is 0 Å². The number of pyridine rings is 2. The van der Waals surface area contributed by atoms with Gasteiger partial charge in [0.25, 0.3) is 0 Å². The zero-order chi connectivity index (χ0) is 31.4. The fraction of sp³-hybridized carbons (Fsp3) is 0. The van der Waals surface area contributed by atoms with Crippen LogP contribution in [0, 0.1) is 0 Å². The summed E-state index contributed by atoms with van der Waals surface area (Å²) >= 11 is 0. The molecule has 0 amide bonds. The minimum atomic E-state index is -3.49. The average Bonchev–Trinajstić information content (AvgIpc) is 3.16. The first-order valence-corrected chi connectivity index (χ1v) is 18.4. The largest absolute Gasteiger partial charge is 0.309 e. The lowest BCUT2D eigenvalue weighted by molar-refractivity contribution is 0.591. The van der Waals surface area contributed by atoms with E-state index in [9.17, 15) is 0 Å². The third-order valence-electron chi connectivity index (χ3n) is 8.19. The highest BCUT2D eigenvalue weighted by Gasteiger charge is 2.38. The summed E-state index contributed by atoms with van der Waals surface area (Å²) in [5.41, 5.74) is 2.82. The van der Waals surface area contributed by atoms with Gasteiger partial charge in [-0.05, 0) is 35.9 Å². The summed E-state index contributed by atoms with van der Waals surface area (Å²) in [6, 6.07) is 51.9. The summed E-state index contributed by atoms with van der Waals surface area (Å²) in [6.07, 6.45) is 5.23. The molecule has 0 bridgehead atoms. The molecule has 0 radical (unpaired) electrons. The van der Waals surface area contributed by atoms with Crippen LogP contribution in [0.1, 0.15) is 0 Å². The molecular weight excluding hydrogens is 602 g/mol. The summed E-state index contributed by atoms with van der Waals surface area (Å²) in [6.45, 7) is 0. The van der Waals surface area contributed by atoms with Crippen molar-refractivity contribution in [2.45, 2.75) is 0 Å². The van der Waals surface area contributed by atoms with Crippen molar-refractivity contribution in [2.24, 2.45) is 0 Å². The van der Waals surface area contributed by atoms with Crippen LogP contribution in [0.5, 0.6) is 0 Å². The van der Waals surface area contributed by atoms with Gasteiger partial charge in [-0.15, -0.1) is 0 Å². The first-order valence-electron chi connectivity index (χ1n) is 15.0. The fourth-order valence-electron chi connectivity index (χ4n) is 5.98. The number of rotatable bonds is 8. The normalized spacial score (nSPS) is 11.7. The van der Waals surface area contributed by atoms with Gasteiger partial charge < -0.3 is 9.13 Å². The highest BCUT2D eigenvalue weighted by Crippen LogP contribution is 2.50. The van der Waals surface area contributed by atoms with Crippen LogP contribution in [-0.2, 0) is 9.13 Å². The maximum absolute atomic E-state index is 16.0. The average molecular weight is 633 g/mol. The van der Waals surface area contributed by atoms with Gasteiger partial charge in [0.2, 0.25) is 0 Å². The van der Waals surface area contributed by atoms with E-state index in [1.807, 2.05) is 164 Å². The quantitative estimate of drug-likeness (QED) is 0.168. The number of hydrogen-bond acceptors (Lipinski definition) is 4. The molecule has 0 aliphatic heterocycles. The van der Waals surface area contributed by atoms with Crippen molar-refractivity contribution in [1.29, 1.82) is 0 Å². The summed E-state index contributed by atoms with van der Waals surface area (Å²) in [4.78, 5) is 9.21. The predicted octanol–water partition coefficient (Wildman–Crippen LogP) is 7.09. The highest BCUT2D eigenvalue weighted by molar-refractivity contribution is 7.86. The molecule has 46 heavy (non-hydrogen) atoms. The molecule has 5 aromatic carbocycles. The van der Waals surface area contributed by atoms with Crippen LogP contribution < -0.4 is 31.8 Å². The summed E-state index contributed by atoms with van der Waals surface area (Å²) in [7, 11) is -6.98. The molecule has 2 aromatic heterocycles. The molecule has 7 rings (SSSR count). The molecule has 222 valence electrons. The third kappa shape index (κ3) is 5.26. The first kappa shape index (κ1) is 29.6. The Hall–Kier alpha value is -5.14. The Balaban J connectivity index is 1.66. The monoisotopic (exact) mass is 632 g/mol. The van der Waals surface area contributed by atoms with Gasteiger partial charge in [0.1, 0.15) is 0 Å².